The molecule has 3 atom stereocenters. The third kappa shape index (κ3) is 2.96. The Kier molecular flexibility index (Phi) is 4.12. The summed E-state index contributed by atoms with van der Waals surface area (Å²) in [6.45, 7) is 1.79. The van der Waals surface area contributed by atoms with Gasteiger partial charge in [-0.1, -0.05) is 30.3 Å². The van der Waals surface area contributed by atoms with Crippen molar-refractivity contribution >= 4 is 29.5 Å². The number of carboxylic acid groups (broad SMARTS) is 1. The van der Waals surface area contributed by atoms with Crippen LogP contribution in [0.25, 0.3) is 0 Å². The summed E-state index contributed by atoms with van der Waals surface area (Å²) in [5.41, 5.74) is 1.08. The second kappa shape index (κ2) is 6.08. The molecule has 23 heavy (non-hydrogen) atoms. The normalized spacial score (nSPS) is 26.0. The molecule has 1 aromatic carbocycles. The van der Waals surface area contributed by atoms with Gasteiger partial charge in [0.15, 0.2) is 0 Å². The minimum atomic E-state index is -1.02. The van der Waals surface area contributed by atoms with Gasteiger partial charge in [0.05, 0.1) is 12.0 Å². The van der Waals surface area contributed by atoms with Crippen molar-refractivity contribution < 1.29 is 19.5 Å². The highest BCUT2D eigenvalue weighted by Crippen LogP contribution is 2.40. The quantitative estimate of drug-likeness (QED) is 0.803. The number of carboxylic acids is 1. The second-order valence-corrected chi connectivity index (χ2v) is 6.97. The molecule has 120 valence electrons. The number of amides is 2. The standard InChI is InChI=1S/C16H16N2O4S/c1-9-11(16(21)22)8-18-14(20)13(15(18)23-9)17-12(19)7-10-5-3-2-4-6-10/h2-6,8-9,13,15H,7H2,1H3,(H,17,19)(H,21,22)/t9?,13?,15-/m1/s1. The number of hydrogen-bond acceptors (Lipinski definition) is 4. The molecule has 2 aliphatic heterocycles. The number of aliphatic carboxylic acids is 1. The summed E-state index contributed by atoms with van der Waals surface area (Å²) in [5, 5.41) is 11.4. The fraction of sp³-hybridized carbons (Fsp3) is 0.312. The van der Waals surface area contributed by atoms with Gasteiger partial charge >= 0.3 is 5.97 Å². The van der Waals surface area contributed by atoms with E-state index in [-0.39, 0.29) is 34.4 Å². The van der Waals surface area contributed by atoms with Crippen LogP contribution in [0.2, 0.25) is 0 Å². The van der Waals surface area contributed by atoms with Crippen LogP contribution in [0, 0.1) is 0 Å². The van der Waals surface area contributed by atoms with Gasteiger partial charge in [-0.2, -0.15) is 0 Å². The Bertz CT molecular complexity index is 689. The van der Waals surface area contributed by atoms with E-state index < -0.39 is 12.0 Å². The van der Waals surface area contributed by atoms with Crippen LogP contribution in [-0.2, 0) is 20.8 Å². The molecule has 0 saturated carbocycles. The number of carbonyl (C=O) groups excluding carboxylic acids is 2. The smallest absolute Gasteiger partial charge is 0.334 e. The molecule has 2 heterocycles. The molecule has 0 aliphatic carbocycles. The summed E-state index contributed by atoms with van der Waals surface area (Å²) in [5.74, 6) is -1.50. The fourth-order valence-corrected chi connectivity index (χ4v) is 4.04. The minimum Gasteiger partial charge on any atom is -0.478 e. The maximum absolute atomic E-state index is 12.1. The van der Waals surface area contributed by atoms with Crippen LogP contribution in [0.4, 0.5) is 0 Å². The highest BCUT2D eigenvalue weighted by Gasteiger charge is 2.51. The van der Waals surface area contributed by atoms with Crippen molar-refractivity contribution in [2.24, 2.45) is 0 Å². The number of fused-ring (bicyclic) bond motifs is 1. The van der Waals surface area contributed by atoms with Crippen molar-refractivity contribution in [1.82, 2.24) is 10.2 Å². The number of benzene rings is 1. The summed E-state index contributed by atoms with van der Waals surface area (Å²) in [4.78, 5) is 36.7. The van der Waals surface area contributed by atoms with Gasteiger partial charge in [-0.25, -0.2) is 4.79 Å². The van der Waals surface area contributed by atoms with Gasteiger partial charge in [-0.15, -0.1) is 11.8 Å². The average molecular weight is 332 g/mol. The predicted octanol–water partition coefficient (Wildman–Crippen LogP) is 0.986. The molecule has 0 radical (unpaired) electrons. The van der Waals surface area contributed by atoms with Crippen molar-refractivity contribution in [3.8, 4) is 0 Å². The Balaban J connectivity index is 1.64. The lowest BCUT2D eigenvalue weighted by molar-refractivity contribution is -0.145. The summed E-state index contributed by atoms with van der Waals surface area (Å²) in [7, 11) is 0. The fourth-order valence-electron chi connectivity index (χ4n) is 2.67. The van der Waals surface area contributed by atoms with E-state index in [4.69, 9.17) is 5.11 Å². The first kappa shape index (κ1) is 15.6. The molecule has 2 N–H and O–H groups in total. The number of rotatable bonds is 4. The Morgan fingerprint density at radius 2 is 2.00 bits per heavy atom. The van der Waals surface area contributed by atoms with Crippen molar-refractivity contribution in [3.05, 3.63) is 47.7 Å². The van der Waals surface area contributed by atoms with Gasteiger partial charge in [-0.3, -0.25) is 9.59 Å². The van der Waals surface area contributed by atoms with E-state index in [1.807, 2.05) is 30.3 Å². The van der Waals surface area contributed by atoms with Crippen LogP contribution in [0.5, 0.6) is 0 Å². The third-order valence-corrected chi connectivity index (χ3v) is 5.35. The maximum atomic E-state index is 12.1. The predicted molar refractivity (Wildman–Crippen MR) is 85.5 cm³/mol. The van der Waals surface area contributed by atoms with Crippen LogP contribution < -0.4 is 5.32 Å². The molecular weight excluding hydrogens is 316 g/mol. The van der Waals surface area contributed by atoms with Crippen LogP contribution >= 0.6 is 11.8 Å². The van der Waals surface area contributed by atoms with Crippen LogP contribution in [0.1, 0.15) is 12.5 Å². The Hall–Kier alpha value is -2.28. The zero-order valence-electron chi connectivity index (χ0n) is 12.4. The molecule has 1 saturated heterocycles. The third-order valence-electron chi connectivity index (χ3n) is 3.91. The summed E-state index contributed by atoms with van der Waals surface area (Å²) in [6.07, 6.45) is 1.60. The molecule has 1 fully saturated rings. The average Bonchev–Trinajstić information content (AvgIpc) is 2.53. The van der Waals surface area contributed by atoms with Crippen molar-refractivity contribution in [2.45, 2.75) is 30.0 Å². The molecule has 2 aliphatic rings. The molecule has 2 amide bonds. The number of carbonyl (C=O) groups is 3. The highest BCUT2D eigenvalue weighted by molar-refractivity contribution is 8.00. The van der Waals surface area contributed by atoms with Gasteiger partial charge in [0.25, 0.3) is 5.91 Å². The number of nitrogens with one attached hydrogen (secondary N) is 1. The lowest BCUT2D eigenvalue weighted by Gasteiger charge is -2.48. The Labute approximate surface area is 137 Å². The van der Waals surface area contributed by atoms with E-state index in [0.717, 1.165) is 5.56 Å². The molecular formula is C16H16N2O4S. The number of hydrogen-bond donors (Lipinski definition) is 2. The summed E-state index contributed by atoms with van der Waals surface area (Å²) >= 11 is 1.37. The first-order valence-electron chi connectivity index (χ1n) is 7.23. The van der Waals surface area contributed by atoms with Crippen molar-refractivity contribution in [1.29, 1.82) is 0 Å². The minimum absolute atomic E-state index is 0.202. The second-order valence-electron chi connectivity index (χ2n) is 5.51. The first-order chi connectivity index (χ1) is 11.0. The maximum Gasteiger partial charge on any atom is 0.334 e. The van der Waals surface area contributed by atoms with E-state index in [9.17, 15) is 14.4 Å². The molecule has 6 nitrogen and oxygen atoms in total. The van der Waals surface area contributed by atoms with E-state index in [1.165, 1.54) is 22.9 Å². The van der Waals surface area contributed by atoms with Crippen LogP contribution in [0.3, 0.4) is 0 Å². The zero-order valence-corrected chi connectivity index (χ0v) is 13.2. The van der Waals surface area contributed by atoms with Gasteiger partial charge in [0, 0.05) is 11.4 Å². The van der Waals surface area contributed by atoms with Crippen molar-refractivity contribution in [2.75, 3.05) is 0 Å². The SMILES string of the molecule is CC1S[C@@H]2C(NC(=O)Cc3ccccc3)C(=O)N2C=C1C(=O)O. The van der Waals surface area contributed by atoms with E-state index in [0.29, 0.717) is 0 Å². The van der Waals surface area contributed by atoms with Crippen LogP contribution in [-0.4, -0.2) is 44.5 Å². The van der Waals surface area contributed by atoms with Gasteiger partial charge < -0.3 is 15.3 Å². The number of β-lactam (4-membered cyclic amide) rings is 1. The number of nitrogens with zero attached hydrogens (tertiary/aromatic N) is 1. The van der Waals surface area contributed by atoms with E-state index in [1.54, 1.807) is 6.92 Å². The summed E-state index contributed by atoms with van der Waals surface area (Å²) < 4.78 is 0. The summed E-state index contributed by atoms with van der Waals surface area (Å²) in [6, 6.07) is 8.71. The molecule has 3 rings (SSSR count). The zero-order chi connectivity index (χ0) is 16.6. The molecule has 0 aromatic heterocycles. The van der Waals surface area contributed by atoms with Crippen molar-refractivity contribution in [3.63, 3.8) is 0 Å². The molecule has 0 bridgehead atoms. The van der Waals surface area contributed by atoms with Gasteiger partial charge in [0.1, 0.15) is 11.4 Å². The van der Waals surface area contributed by atoms with Crippen LogP contribution in [0.15, 0.2) is 42.1 Å². The first-order valence-corrected chi connectivity index (χ1v) is 8.17. The topological polar surface area (TPSA) is 86.7 Å². The lowest BCUT2D eigenvalue weighted by atomic mass is 10.0. The molecule has 7 heteroatoms. The monoisotopic (exact) mass is 332 g/mol. The largest absolute Gasteiger partial charge is 0.478 e. The highest BCUT2D eigenvalue weighted by atomic mass is 32.2. The molecule has 0 spiro atoms. The van der Waals surface area contributed by atoms with E-state index in [2.05, 4.69) is 5.32 Å². The Morgan fingerprint density at radius 3 is 2.65 bits per heavy atom. The van der Waals surface area contributed by atoms with Gasteiger partial charge in [0.2, 0.25) is 5.91 Å². The Morgan fingerprint density at radius 1 is 1.30 bits per heavy atom. The number of thioether (sulfide) groups is 1. The molecule has 1 aromatic rings. The van der Waals surface area contributed by atoms with E-state index >= 15 is 0 Å². The molecule has 2 unspecified atom stereocenters. The lowest BCUT2D eigenvalue weighted by Crippen LogP contribution is -2.69. The van der Waals surface area contributed by atoms with Gasteiger partial charge in [-0.05, 0) is 12.5 Å².